The molecule has 48 heavy (non-hydrogen) atoms. The molecule has 4 aromatic rings. The van der Waals surface area contributed by atoms with Crippen molar-refractivity contribution >= 4 is 28.3 Å². The van der Waals surface area contributed by atoms with Gasteiger partial charge in [-0.15, -0.1) is 0 Å². The lowest BCUT2D eigenvalue weighted by Crippen LogP contribution is -2.42. The van der Waals surface area contributed by atoms with Gasteiger partial charge in [-0.1, -0.05) is 123 Å². The molecule has 0 saturated heterocycles. The van der Waals surface area contributed by atoms with Gasteiger partial charge in [0.15, 0.2) is 0 Å². The molecular formula is C46H42N2. The van der Waals surface area contributed by atoms with Crippen molar-refractivity contribution in [1.29, 1.82) is 0 Å². The van der Waals surface area contributed by atoms with E-state index < -0.39 is 0 Å². The third-order valence-electron chi connectivity index (χ3n) is 11.4. The Morgan fingerprint density at radius 2 is 1.48 bits per heavy atom. The van der Waals surface area contributed by atoms with E-state index in [1.807, 2.05) is 0 Å². The molecule has 0 bridgehead atoms. The highest BCUT2D eigenvalue weighted by molar-refractivity contribution is 5.87. The molecule has 1 heterocycles. The summed E-state index contributed by atoms with van der Waals surface area (Å²) in [5, 5.41) is 0. The first-order valence-corrected chi connectivity index (χ1v) is 17.6. The van der Waals surface area contributed by atoms with Gasteiger partial charge in [0.25, 0.3) is 0 Å². The second-order valence-corrected chi connectivity index (χ2v) is 14.6. The number of fused-ring (bicyclic) bond motifs is 6. The number of allylic oxidation sites excluding steroid dienone is 8. The Hall–Kier alpha value is -5.08. The van der Waals surface area contributed by atoms with Gasteiger partial charge in [0.2, 0.25) is 0 Å². The van der Waals surface area contributed by atoms with Gasteiger partial charge >= 0.3 is 0 Å². The van der Waals surface area contributed by atoms with E-state index in [0.717, 1.165) is 19.3 Å². The first-order chi connectivity index (χ1) is 23.4. The molecule has 0 N–H and O–H groups in total. The van der Waals surface area contributed by atoms with E-state index in [1.54, 1.807) is 0 Å². The molecule has 0 radical (unpaired) electrons. The largest absolute Gasteiger partial charge is 0.334 e. The molecule has 2 unspecified atom stereocenters. The maximum absolute atomic E-state index is 2.57. The third kappa shape index (κ3) is 4.39. The highest BCUT2D eigenvalue weighted by atomic mass is 15.2. The van der Waals surface area contributed by atoms with E-state index >= 15 is 0 Å². The van der Waals surface area contributed by atoms with Gasteiger partial charge in [0.1, 0.15) is 0 Å². The minimum absolute atomic E-state index is 0.142. The monoisotopic (exact) mass is 622 g/mol. The van der Waals surface area contributed by atoms with Crippen molar-refractivity contribution < 1.29 is 0 Å². The smallest absolute Gasteiger partial charge is 0.0712 e. The van der Waals surface area contributed by atoms with Crippen LogP contribution in [0.2, 0.25) is 0 Å². The number of hydrogen-bond acceptors (Lipinski definition) is 2. The van der Waals surface area contributed by atoms with Crippen LogP contribution in [0, 0.1) is 0 Å². The molecule has 1 aliphatic heterocycles. The summed E-state index contributed by atoms with van der Waals surface area (Å²) < 4.78 is 0. The van der Waals surface area contributed by atoms with Gasteiger partial charge < -0.3 is 9.80 Å². The zero-order chi connectivity index (χ0) is 32.5. The molecule has 3 atom stereocenters. The molecule has 236 valence electrons. The first kappa shape index (κ1) is 29.1. The lowest BCUT2D eigenvalue weighted by molar-refractivity contribution is 0.541. The molecule has 0 fully saturated rings. The predicted octanol–water partition coefficient (Wildman–Crippen LogP) is 11.9. The van der Waals surface area contributed by atoms with Crippen molar-refractivity contribution in [3.63, 3.8) is 0 Å². The molecule has 0 amide bonds. The summed E-state index contributed by atoms with van der Waals surface area (Å²) in [6.45, 7) is 7.20. The van der Waals surface area contributed by atoms with Crippen LogP contribution >= 0.6 is 0 Å². The van der Waals surface area contributed by atoms with Crippen LogP contribution in [-0.2, 0) is 5.41 Å². The van der Waals surface area contributed by atoms with Crippen molar-refractivity contribution in [2.75, 3.05) is 9.80 Å². The number of anilines is 4. The Kier molecular flexibility index (Phi) is 6.66. The molecule has 4 aromatic carbocycles. The van der Waals surface area contributed by atoms with Gasteiger partial charge in [-0.2, -0.15) is 0 Å². The van der Waals surface area contributed by atoms with Gasteiger partial charge in [0, 0.05) is 34.1 Å². The number of nitrogens with zero attached hydrogens (tertiary/aromatic N) is 2. The highest BCUT2D eigenvalue weighted by Gasteiger charge is 2.47. The summed E-state index contributed by atoms with van der Waals surface area (Å²) in [5.74, 6) is 0.333. The van der Waals surface area contributed by atoms with Crippen LogP contribution in [0.25, 0.3) is 16.7 Å². The average Bonchev–Trinajstić information content (AvgIpc) is 3.53. The SMILES string of the molecule is CC1(C)c2cc(N(c3ccc(C4=CCCC=C4)cc3)C3C=CC=CC3)ccc2-c2ccc(N3c4ccccc4C4C=CC=C[C@@]43C)cc21. The fourth-order valence-electron chi connectivity index (χ4n) is 8.92. The molecule has 2 heteroatoms. The Labute approximate surface area is 285 Å². The van der Waals surface area contributed by atoms with Gasteiger partial charge in [-0.25, -0.2) is 0 Å². The summed E-state index contributed by atoms with van der Waals surface area (Å²) in [6.07, 6.45) is 28.3. The molecule has 5 aliphatic rings. The van der Waals surface area contributed by atoms with Crippen molar-refractivity contribution in [3.05, 3.63) is 174 Å². The minimum Gasteiger partial charge on any atom is -0.334 e. The fraction of sp³-hybridized carbons (Fsp3) is 0.217. The van der Waals surface area contributed by atoms with Crippen LogP contribution in [0.3, 0.4) is 0 Å². The fourth-order valence-corrected chi connectivity index (χ4v) is 8.92. The van der Waals surface area contributed by atoms with Gasteiger partial charge in [-0.05, 0) is 108 Å². The maximum atomic E-state index is 2.57. The molecule has 2 nitrogen and oxygen atoms in total. The quantitative estimate of drug-likeness (QED) is 0.218. The van der Waals surface area contributed by atoms with E-state index in [2.05, 4.69) is 182 Å². The summed E-state index contributed by atoms with van der Waals surface area (Å²) in [7, 11) is 0. The number of benzene rings is 4. The molecule has 0 spiro atoms. The van der Waals surface area contributed by atoms with E-state index in [9.17, 15) is 0 Å². The zero-order valence-corrected chi connectivity index (χ0v) is 28.1. The number of para-hydroxylation sites is 1. The molecule has 4 aliphatic carbocycles. The van der Waals surface area contributed by atoms with Gasteiger partial charge in [0.05, 0.1) is 11.6 Å². The minimum atomic E-state index is -0.143. The van der Waals surface area contributed by atoms with Crippen LogP contribution in [-0.4, -0.2) is 11.6 Å². The molecule has 0 saturated carbocycles. The van der Waals surface area contributed by atoms with E-state index in [1.165, 1.54) is 61.7 Å². The summed E-state index contributed by atoms with van der Waals surface area (Å²) in [4.78, 5) is 5.11. The Morgan fingerprint density at radius 1 is 0.708 bits per heavy atom. The average molecular weight is 623 g/mol. The summed E-state index contributed by atoms with van der Waals surface area (Å²) in [5.41, 5.74) is 14.3. The zero-order valence-electron chi connectivity index (χ0n) is 28.1. The normalized spacial score (nSPS) is 23.8. The second-order valence-electron chi connectivity index (χ2n) is 14.6. The van der Waals surface area contributed by atoms with Crippen LogP contribution < -0.4 is 9.80 Å². The van der Waals surface area contributed by atoms with E-state index in [4.69, 9.17) is 0 Å². The molecule has 0 aromatic heterocycles. The Morgan fingerprint density at radius 3 is 2.27 bits per heavy atom. The van der Waals surface area contributed by atoms with Crippen molar-refractivity contribution in [1.82, 2.24) is 0 Å². The lowest BCUT2D eigenvalue weighted by atomic mass is 9.80. The van der Waals surface area contributed by atoms with Crippen molar-refractivity contribution in [3.8, 4) is 11.1 Å². The van der Waals surface area contributed by atoms with Crippen LogP contribution in [0.15, 0.2) is 152 Å². The first-order valence-electron chi connectivity index (χ1n) is 17.6. The van der Waals surface area contributed by atoms with E-state index in [0.29, 0.717) is 5.92 Å². The Balaban J connectivity index is 1.11. The third-order valence-corrected chi connectivity index (χ3v) is 11.4. The van der Waals surface area contributed by atoms with Crippen LogP contribution in [0.5, 0.6) is 0 Å². The topological polar surface area (TPSA) is 6.48 Å². The van der Waals surface area contributed by atoms with Crippen LogP contribution in [0.1, 0.15) is 68.2 Å². The van der Waals surface area contributed by atoms with E-state index in [-0.39, 0.29) is 17.0 Å². The summed E-state index contributed by atoms with van der Waals surface area (Å²) in [6, 6.07) is 32.8. The predicted molar refractivity (Wildman–Crippen MR) is 204 cm³/mol. The molecular weight excluding hydrogens is 581 g/mol. The Bertz CT molecular complexity index is 2120. The maximum Gasteiger partial charge on any atom is 0.0712 e. The second kappa shape index (κ2) is 11.0. The standard InChI is InChI=1S/C46H42N2/c1-45(2)42-30-36(47(34-16-8-5-9-17-34)35-23-21-33(22-24-35)32-14-6-4-7-15-32)25-27-38(42)39-28-26-37(31-43(39)45)48-44-20-11-10-18-40(44)41-19-12-13-29-46(41,48)3/h5-6,8-16,18-31,34,41H,4,7,17H2,1-3H3/t34?,41?,46-/m0/s1. The van der Waals surface area contributed by atoms with Crippen molar-refractivity contribution in [2.45, 2.75) is 62.9 Å². The molecule has 9 rings (SSSR count). The van der Waals surface area contributed by atoms with Crippen molar-refractivity contribution in [2.24, 2.45) is 0 Å². The highest BCUT2D eigenvalue weighted by Crippen LogP contribution is 2.56. The summed E-state index contributed by atoms with van der Waals surface area (Å²) >= 11 is 0. The van der Waals surface area contributed by atoms with Gasteiger partial charge in [-0.3, -0.25) is 0 Å². The number of hydrogen-bond donors (Lipinski definition) is 0. The lowest BCUT2D eigenvalue weighted by Gasteiger charge is -2.39. The number of rotatable bonds is 5. The van der Waals surface area contributed by atoms with Crippen LogP contribution in [0.4, 0.5) is 22.7 Å².